The number of rotatable bonds is 2. The van der Waals surface area contributed by atoms with Gasteiger partial charge in [0.15, 0.2) is 11.6 Å². The summed E-state index contributed by atoms with van der Waals surface area (Å²) in [6, 6.07) is 3.66. The summed E-state index contributed by atoms with van der Waals surface area (Å²) in [4.78, 5) is 0. The summed E-state index contributed by atoms with van der Waals surface area (Å²) >= 11 is 0. The monoisotopic (exact) mass is 307 g/mol. The van der Waals surface area contributed by atoms with E-state index in [1.807, 2.05) is 6.07 Å². The molecule has 0 spiro atoms. The van der Waals surface area contributed by atoms with Crippen molar-refractivity contribution in [1.29, 1.82) is 0 Å². The molecule has 3 rings (SSSR count). The van der Waals surface area contributed by atoms with Gasteiger partial charge in [-0.05, 0) is 93.2 Å². The van der Waals surface area contributed by atoms with Crippen molar-refractivity contribution in [3.05, 3.63) is 34.9 Å². The van der Waals surface area contributed by atoms with Crippen molar-refractivity contribution in [3.8, 4) is 0 Å². The van der Waals surface area contributed by atoms with Crippen molar-refractivity contribution < 1.29 is 8.78 Å². The molecule has 3 heteroatoms. The van der Waals surface area contributed by atoms with E-state index >= 15 is 0 Å². The number of hydrogen-bond donors (Lipinski definition) is 1. The normalized spacial score (nSPS) is 32.9. The lowest BCUT2D eigenvalue weighted by atomic mass is 9.69. The lowest BCUT2D eigenvalue weighted by Crippen LogP contribution is -2.31. The minimum Gasteiger partial charge on any atom is -0.328 e. The molecule has 22 heavy (non-hydrogen) atoms. The Hall–Kier alpha value is -0.960. The van der Waals surface area contributed by atoms with Crippen LogP contribution in [0.15, 0.2) is 12.1 Å². The van der Waals surface area contributed by atoms with Gasteiger partial charge in [0.05, 0.1) is 0 Å². The second-order valence-corrected chi connectivity index (χ2v) is 7.42. The molecule has 1 aromatic rings. The summed E-state index contributed by atoms with van der Waals surface area (Å²) in [6.45, 7) is 1.65. The molecule has 2 fully saturated rings. The van der Waals surface area contributed by atoms with Crippen LogP contribution in [-0.4, -0.2) is 6.04 Å². The minimum absolute atomic E-state index is 0.399. The molecular formula is C19H27F2N. The summed E-state index contributed by atoms with van der Waals surface area (Å²) < 4.78 is 27.0. The fourth-order valence-corrected chi connectivity index (χ4v) is 4.53. The number of benzene rings is 1. The topological polar surface area (TPSA) is 26.0 Å². The van der Waals surface area contributed by atoms with E-state index in [9.17, 15) is 8.78 Å². The van der Waals surface area contributed by atoms with Gasteiger partial charge in [0.2, 0.25) is 0 Å². The van der Waals surface area contributed by atoms with Crippen LogP contribution in [0.25, 0.3) is 0 Å². The molecular weight excluding hydrogens is 280 g/mol. The molecule has 1 aromatic carbocycles. The lowest BCUT2D eigenvalue weighted by Gasteiger charge is -2.37. The van der Waals surface area contributed by atoms with Gasteiger partial charge in [0.25, 0.3) is 0 Å². The second-order valence-electron chi connectivity index (χ2n) is 7.42. The molecule has 0 heterocycles. The molecule has 2 saturated carbocycles. The molecule has 1 nitrogen and oxygen atoms in total. The minimum atomic E-state index is -0.698. The summed E-state index contributed by atoms with van der Waals surface area (Å²) in [5, 5.41) is 0. The highest BCUT2D eigenvalue weighted by atomic mass is 19.2. The Labute approximate surface area is 132 Å². The zero-order valence-corrected chi connectivity index (χ0v) is 13.5. The second kappa shape index (κ2) is 6.66. The van der Waals surface area contributed by atoms with Crippen molar-refractivity contribution in [2.75, 3.05) is 0 Å². The quantitative estimate of drug-likeness (QED) is 0.811. The Morgan fingerprint density at radius 2 is 1.41 bits per heavy atom. The van der Waals surface area contributed by atoms with Gasteiger partial charge < -0.3 is 5.73 Å². The van der Waals surface area contributed by atoms with Crippen LogP contribution in [0.3, 0.4) is 0 Å². The van der Waals surface area contributed by atoms with Crippen LogP contribution in [0.2, 0.25) is 0 Å². The third-order valence-corrected chi connectivity index (χ3v) is 5.96. The smallest absolute Gasteiger partial charge is 0.161 e. The molecule has 122 valence electrons. The number of hydrogen-bond acceptors (Lipinski definition) is 1. The van der Waals surface area contributed by atoms with Crippen molar-refractivity contribution in [1.82, 2.24) is 0 Å². The van der Waals surface area contributed by atoms with E-state index in [0.29, 0.717) is 17.5 Å². The summed E-state index contributed by atoms with van der Waals surface area (Å²) in [5.74, 6) is 0.660. The zero-order valence-electron chi connectivity index (χ0n) is 13.5. The van der Waals surface area contributed by atoms with Crippen molar-refractivity contribution in [3.63, 3.8) is 0 Å². The lowest BCUT2D eigenvalue weighted by molar-refractivity contribution is 0.177. The molecule has 0 unspecified atom stereocenters. The van der Waals surface area contributed by atoms with Gasteiger partial charge in [-0.15, -0.1) is 0 Å². The SMILES string of the molecule is Cc1cc(C2CCC(C3CCC(N)CC3)CC2)cc(F)c1F. The van der Waals surface area contributed by atoms with Crippen LogP contribution in [-0.2, 0) is 0 Å². The molecule has 2 aliphatic rings. The van der Waals surface area contributed by atoms with Crippen LogP contribution in [0.1, 0.15) is 68.4 Å². The van der Waals surface area contributed by atoms with E-state index in [2.05, 4.69) is 0 Å². The van der Waals surface area contributed by atoms with Crippen LogP contribution >= 0.6 is 0 Å². The zero-order chi connectivity index (χ0) is 15.7. The molecule has 0 saturated heterocycles. The Balaban J connectivity index is 1.60. The maximum absolute atomic E-state index is 13.6. The van der Waals surface area contributed by atoms with E-state index in [1.54, 1.807) is 6.92 Å². The Morgan fingerprint density at radius 1 is 0.864 bits per heavy atom. The average Bonchev–Trinajstić information content (AvgIpc) is 2.53. The molecule has 0 aromatic heterocycles. The van der Waals surface area contributed by atoms with Crippen molar-refractivity contribution in [2.45, 2.75) is 70.3 Å². The van der Waals surface area contributed by atoms with Gasteiger partial charge in [-0.1, -0.05) is 6.07 Å². The average molecular weight is 307 g/mol. The first-order valence-corrected chi connectivity index (χ1v) is 8.75. The molecule has 2 N–H and O–H groups in total. The molecule has 0 amide bonds. The number of halogens is 2. The van der Waals surface area contributed by atoms with Gasteiger partial charge in [0.1, 0.15) is 0 Å². The van der Waals surface area contributed by atoms with Crippen molar-refractivity contribution >= 4 is 0 Å². The van der Waals surface area contributed by atoms with Crippen LogP contribution in [0.4, 0.5) is 8.78 Å². The van der Waals surface area contributed by atoms with Crippen LogP contribution in [0, 0.1) is 30.4 Å². The standard InChI is InChI=1S/C19H27F2N/c1-12-10-16(11-18(20)19(12)21)15-4-2-13(3-5-15)14-6-8-17(22)9-7-14/h10-11,13-15,17H,2-9,22H2,1H3. The first-order chi connectivity index (χ1) is 10.5. The van der Waals surface area contributed by atoms with Gasteiger partial charge in [-0.3, -0.25) is 0 Å². The van der Waals surface area contributed by atoms with E-state index in [1.165, 1.54) is 44.6 Å². The predicted octanol–water partition coefficient (Wildman–Crippen LogP) is 5.06. The Bertz CT molecular complexity index is 489. The van der Waals surface area contributed by atoms with Gasteiger partial charge in [0, 0.05) is 6.04 Å². The van der Waals surface area contributed by atoms with Gasteiger partial charge in [-0.2, -0.15) is 0 Å². The fraction of sp³-hybridized carbons (Fsp3) is 0.684. The maximum atomic E-state index is 13.6. The molecule has 2 aliphatic carbocycles. The summed E-state index contributed by atoms with van der Waals surface area (Å²) in [6.07, 6.45) is 9.57. The number of nitrogens with two attached hydrogens (primary N) is 1. The highest BCUT2D eigenvalue weighted by Gasteiger charge is 2.30. The highest BCUT2D eigenvalue weighted by molar-refractivity contribution is 5.28. The first-order valence-electron chi connectivity index (χ1n) is 8.75. The van der Waals surface area contributed by atoms with E-state index in [4.69, 9.17) is 5.73 Å². The van der Waals surface area contributed by atoms with Gasteiger partial charge >= 0.3 is 0 Å². The molecule has 0 aliphatic heterocycles. The third-order valence-electron chi connectivity index (χ3n) is 5.96. The highest BCUT2D eigenvalue weighted by Crippen LogP contribution is 2.43. The van der Waals surface area contributed by atoms with Crippen LogP contribution < -0.4 is 5.73 Å². The fourth-order valence-electron chi connectivity index (χ4n) is 4.53. The molecule has 0 radical (unpaired) electrons. The maximum Gasteiger partial charge on any atom is 0.161 e. The van der Waals surface area contributed by atoms with E-state index in [0.717, 1.165) is 30.2 Å². The first kappa shape index (κ1) is 15.9. The summed E-state index contributed by atoms with van der Waals surface area (Å²) in [7, 11) is 0. The third kappa shape index (κ3) is 3.34. The van der Waals surface area contributed by atoms with E-state index < -0.39 is 11.6 Å². The number of aryl methyl sites for hydroxylation is 1. The Kier molecular flexibility index (Phi) is 4.82. The van der Waals surface area contributed by atoms with E-state index in [-0.39, 0.29) is 0 Å². The molecule has 0 atom stereocenters. The predicted molar refractivity (Wildman–Crippen MR) is 85.7 cm³/mol. The van der Waals surface area contributed by atoms with Crippen molar-refractivity contribution in [2.24, 2.45) is 17.6 Å². The summed E-state index contributed by atoms with van der Waals surface area (Å²) in [5.41, 5.74) is 7.41. The largest absolute Gasteiger partial charge is 0.328 e. The van der Waals surface area contributed by atoms with Gasteiger partial charge in [-0.25, -0.2) is 8.78 Å². The molecule has 0 bridgehead atoms. The Morgan fingerprint density at radius 3 is 1.95 bits per heavy atom. The van der Waals surface area contributed by atoms with Crippen LogP contribution in [0.5, 0.6) is 0 Å².